The third-order valence-corrected chi connectivity index (χ3v) is 6.24. The van der Waals surface area contributed by atoms with Crippen LogP contribution in [0.3, 0.4) is 0 Å². The smallest absolute Gasteiger partial charge is 0.266 e. The summed E-state index contributed by atoms with van der Waals surface area (Å²) in [5.41, 5.74) is 2.52. The molecule has 0 bridgehead atoms. The van der Waals surface area contributed by atoms with Gasteiger partial charge in [-0.15, -0.1) is 5.10 Å². The van der Waals surface area contributed by atoms with Crippen LogP contribution in [0.4, 0.5) is 5.82 Å². The fraction of sp³-hybridized carbons (Fsp3) is 0.500. The van der Waals surface area contributed by atoms with Crippen molar-refractivity contribution in [2.45, 2.75) is 38.6 Å². The van der Waals surface area contributed by atoms with Gasteiger partial charge in [0.25, 0.3) is 5.56 Å². The molecular formula is C22H28N8O. The first kappa shape index (κ1) is 19.9. The maximum Gasteiger partial charge on any atom is 0.266 e. The minimum Gasteiger partial charge on any atom is -0.354 e. The predicted molar refractivity (Wildman–Crippen MR) is 118 cm³/mol. The zero-order valence-electron chi connectivity index (χ0n) is 17.7. The summed E-state index contributed by atoms with van der Waals surface area (Å²) in [5, 5.41) is 8.66. The molecule has 0 aromatic carbocycles. The number of hydrogen-bond donors (Lipinski definition) is 0. The van der Waals surface area contributed by atoms with Gasteiger partial charge in [0.1, 0.15) is 12.1 Å². The number of fused-ring (bicyclic) bond motifs is 1. The molecule has 9 nitrogen and oxygen atoms in total. The molecule has 0 atom stereocenters. The highest BCUT2D eigenvalue weighted by atomic mass is 16.1. The summed E-state index contributed by atoms with van der Waals surface area (Å²) in [7, 11) is 0. The molecule has 9 heteroatoms. The minimum absolute atomic E-state index is 0.0850. The van der Waals surface area contributed by atoms with Crippen LogP contribution in [-0.4, -0.2) is 67.2 Å². The van der Waals surface area contributed by atoms with Crippen LogP contribution in [0.25, 0.3) is 5.82 Å². The van der Waals surface area contributed by atoms with Crippen molar-refractivity contribution in [1.29, 1.82) is 0 Å². The Bertz CT molecular complexity index is 1070. The number of anilines is 1. The van der Waals surface area contributed by atoms with Crippen LogP contribution in [0.5, 0.6) is 0 Å². The zero-order chi connectivity index (χ0) is 21.0. The molecule has 3 aromatic rings. The van der Waals surface area contributed by atoms with Gasteiger partial charge in [0.05, 0.1) is 6.54 Å². The molecule has 1 fully saturated rings. The molecule has 5 rings (SSSR count). The van der Waals surface area contributed by atoms with Crippen LogP contribution in [0.2, 0.25) is 0 Å². The predicted octanol–water partition coefficient (Wildman–Crippen LogP) is 1.31. The van der Waals surface area contributed by atoms with Crippen molar-refractivity contribution in [1.82, 2.24) is 34.4 Å². The molecule has 0 N–H and O–H groups in total. The fourth-order valence-corrected chi connectivity index (χ4v) is 4.50. The van der Waals surface area contributed by atoms with E-state index in [1.807, 2.05) is 12.3 Å². The van der Waals surface area contributed by atoms with E-state index in [-0.39, 0.29) is 5.56 Å². The standard InChI is InChI=1S/C22H28N8O/c31-21-8-7-20(29-10-4-9-25-29)26-30(21)16-13-27-11-14-28(15-12-27)22-18-5-2-1-3-6-19(18)23-17-24-22/h4,7-10,17H,1-3,5-6,11-16H2. The summed E-state index contributed by atoms with van der Waals surface area (Å²) in [6, 6.07) is 5.10. The van der Waals surface area contributed by atoms with E-state index in [2.05, 4.69) is 30.0 Å². The number of rotatable bonds is 5. The SMILES string of the molecule is O=c1ccc(-n2cccn2)nn1CCN1CCN(c2ncnc3c2CCCCC3)CC1. The Hall–Kier alpha value is -3.07. The number of piperazine rings is 1. The maximum absolute atomic E-state index is 12.2. The maximum atomic E-state index is 12.2. The molecule has 0 saturated carbocycles. The van der Waals surface area contributed by atoms with Crippen molar-refractivity contribution >= 4 is 5.82 Å². The van der Waals surface area contributed by atoms with Crippen LogP contribution >= 0.6 is 0 Å². The van der Waals surface area contributed by atoms with E-state index in [0.29, 0.717) is 12.4 Å². The van der Waals surface area contributed by atoms with E-state index >= 15 is 0 Å². The van der Waals surface area contributed by atoms with Gasteiger partial charge in [0.2, 0.25) is 0 Å². The number of hydrogen-bond acceptors (Lipinski definition) is 7. The number of nitrogens with zero attached hydrogens (tertiary/aromatic N) is 8. The van der Waals surface area contributed by atoms with E-state index in [4.69, 9.17) is 0 Å². The Labute approximate surface area is 181 Å². The molecular weight excluding hydrogens is 392 g/mol. The van der Waals surface area contributed by atoms with Gasteiger partial charge in [-0.25, -0.2) is 19.3 Å². The lowest BCUT2D eigenvalue weighted by Crippen LogP contribution is -2.48. The molecule has 1 saturated heterocycles. The summed E-state index contributed by atoms with van der Waals surface area (Å²) in [6.07, 6.45) is 11.2. The average Bonchev–Trinajstić information content (AvgIpc) is 3.23. The van der Waals surface area contributed by atoms with Crippen LogP contribution in [-0.2, 0) is 19.4 Å². The fourth-order valence-electron chi connectivity index (χ4n) is 4.50. The molecule has 0 spiro atoms. The highest BCUT2D eigenvalue weighted by Crippen LogP contribution is 2.27. The topological polar surface area (TPSA) is 85.0 Å². The van der Waals surface area contributed by atoms with Gasteiger partial charge in [-0.05, 0) is 37.8 Å². The molecule has 4 heterocycles. The van der Waals surface area contributed by atoms with Crippen LogP contribution < -0.4 is 10.5 Å². The van der Waals surface area contributed by atoms with Gasteiger partial charge in [-0.2, -0.15) is 5.10 Å². The summed E-state index contributed by atoms with van der Waals surface area (Å²) in [4.78, 5) is 26.3. The normalized spacial score (nSPS) is 17.4. The molecule has 1 aliphatic carbocycles. The summed E-state index contributed by atoms with van der Waals surface area (Å²) in [6.45, 7) is 5.15. The Kier molecular flexibility index (Phi) is 5.75. The van der Waals surface area contributed by atoms with Gasteiger partial charge in [-0.3, -0.25) is 9.69 Å². The lowest BCUT2D eigenvalue weighted by atomic mass is 10.1. The molecule has 2 aliphatic rings. The first-order chi connectivity index (χ1) is 15.3. The first-order valence-corrected chi connectivity index (χ1v) is 11.2. The second-order valence-electron chi connectivity index (χ2n) is 8.22. The first-order valence-electron chi connectivity index (χ1n) is 11.2. The summed E-state index contributed by atoms with van der Waals surface area (Å²) < 4.78 is 3.20. The van der Waals surface area contributed by atoms with E-state index in [9.17, 15) is 4.79 Å². The van der Waals surface area contributed by atoms with E-state index in [1.165, 1.54) is 35.2 Å². The molecule has 31 heavy (non-hydrogen) atoms. The molecule has 0 radical (unpaired) electrons. The summed E-state index contributed by atoms with van der Waals surface area (Å²) >= 11 is 0. The van der Waals surface area contributed by atoms with Crippen LogP contribution in [0, 0.1) is 0 Å². The molecule has 1 aliphatic heterocycles. The van der Waals surface area contributed by atoms with Gasteiger partial charge in [-0.1, -0.05) is 6.42 Å². The molecule has 3 aromatic heterocycles. The third-order valence-electron chi connectivity index (χ3n) is 6.24. The van der Waals surface area contributed by atoms with E-state index < -0.39 is 0 Å². The average molecular weight is 421 g/mol. The second-order valence-corrected chi connectivity index (χ2v) is 8.22. The highest BCUT2D eigenvalue weighted by Gasteiger charge is 2.23. The monoisotopic (exact) mass is 420 g/mol. The number of aromatic nitrogens is 6. The van der Waals surface area contributed by atoms with Crippen molar-refractivity contribution in [2.24, 2.45) is 0 Å². The van der Waals surface area contributed by atoms with Gasteiger partial charge in [0, 0.05) is 62.4 Å². The Balaban J connectivity index is 1.21. The molecule has 0 unspecified atom stereocenters. The Morgan fingerprint density at radius 3 is 2.65 bits per heavy atom. The molecule has 0 amide bonds. The quantitative estimate of drug-likeness (QED) is 0.576. The third kappa shape index (κ3) is 4.36. The Morgan fingerprint density at radius 2 is 1.81 bits per heavy atom. The van der Waals surface area contributed by atoms with Gasteiger partial charge >= 0.3 is 0 Å². The summed E-state index contributed by atoms with van der Waals surface area (Å²) in [5.74, 6) is 1.79. The van der Waals surface area contributed by atoms with Crippen molar-refractivity contribution in [3.63, 3.8) is 0 Å². The van der Waals surface area contributed by atoms with Crippen molar-refractivity contribution < 1.29 is 0 Å². The molecule has 162 valence electrons. The second kappa shape index (κ2) is 8.97. The minimum atomic E-state index is -0.0850. The van der Waals surface area contributed by atoms with E-state index in [0.717, 1.165) is 51.4 Å². The van der Waals surface area contributed by atoms with Crippen molar-refractivity contribution in [2.75, 3.05) is 37.6 Å². The van der Waals surface area contributed by atoms with Crippen LogP contribution in [0.1, 0.15) is 30.5 Å². The Morgan fingerprint density at radius 1 is 0.935 bits per heavy atom. The van der Waals surface area contributed by atoms with Crippen molar-refractivity contribution in [3.05, 3.63) is 58.5 Å². The lowest BCUT2D eigenvalue weighted by Gasteiger charge is -2.36. The van der Waals surface area contributed by atoms with E-state index in [1.54, 1.807) is 29.3 Å². The number of aryl methyl sites for hydroxylation is 1. The van der Waals surface area contributed by atoms with Gasteiger partial charge < -0.3 is 4.90 Å². The highest BCUT2D eigenvalue weighted by molar-refractivity contribution is 5.49. The van der Waals surface area contributed by atoms with Crippen LogP contribution in [0.15, 0.2) is 41.7 Å². The van der Waals surface area contributed by atoms with Gasteiger partial charge in [0.15, 0.2) is 5.82 Å². The lowest BCUT2D eigenvalue weighted by molar-refractivity contribution is 0.242. The van der Waals surface area contributed by atoms with Crippen molar-refractivity contribution in [3.8, 4) is 5.82 Å². The largest absolute Gasteiger partial charge is 0.354 e. The zero-order valence-corrected chi connectivity index (χ0v) is 17.7.